The smallest absolute Gasteiger partial charge is 0.130 e. The van der Waals surface area contributed by atoms with E-state index in [4.69, 9.17) is 5.73 Å². The number of nitrogens with two attached hydrogens (primary N) is 1. The number of aromatic nitrogens is 2. The van der Waals surface area contributed by atoms with E-state index in [9.17, 15) is 0 Å². The van der Waals surface area contributed by atoms with Crippen molar-refractivity contribution in [2.24, 2.45) is 18.7 Å². The lowest BCUT2D eigenvalue weighted by Gasteiger charge is -2.27. The molecule has 102 valence electrons. The second-order valence-electron chi connectivity index (χ2n) is 5.83. The van der Waals surface area contributed by atoms with Crippen molar-refractivity contribution in [3.8, 4) is 0 Å². The molecule has 0 spiro atoms. The summed E-state index contributed by atoms with van der Waals surface area (Å²) in [4.78, 5) is 2.55. The Morgan fingerprint density at radius 1 is 1.44 bits per heavy atom. The molecule has 1 fully saturated rings. The summed E-state index contributed by atoms with van der Waals surface area (Å²) < 4.78 is 2.04. The predicted molar refractivity (Wildman–Crippen MR) is 75.9 cm³/mol. The number of hydrogen-bond donors (Lipinski definition) is 1. The van der Waals surface area contributed by atoms with E-state index in [0.29, 0.717) is 12.5 Å². The number of aryl methyl sites for hydroxylation is 2. The normalized spacial score (nSPS) is 15.4. The van der Waals surface area contributed by atoms with Crippen molar-refractivity contribution in [2.45, 2.75) is 46.1 Å². The quantitative estimate of drug-likeness (QED) is 0.838. The molecule has 2 N–H and O–H groups in total. The van der Waals surface area contributed by atoms with Gasteiger partial charge in [-0.25, -0.2) is 0 Å². The van der Waals surface area contributed by atoms with Gasteiger partial charge in [-0.1, -0.05) is 13.8 Å². The molecular formula is C14H26N4. The highest BCUT2D eigenvalue weighted by molar-refractivity contribution is 5.52. The first kappa shape index (κ1) is 13.4. The second-order valence-corrected chi connectivity index (χ2v) is 5.83. The molecule has 0 unspecified atom stereocenters. The fraction of sp³-hybridized carbons (Fsp3) is 0.786. The fourth-order valence-corrected chi connectivity index (χ4v) is 2.67. The summed E-state index contributed by atoms with van der Waals surface area (Å²) in [5.74, 6) is 1.97. The Morgan fingerprint density at radius 3 is 2.61 bits per heavy atom. The van der Waals surface area contributed by atoms with Crippen molar-refractivity contribution in [2.75, 3.05) is 18.0 Å². The number of rotatable bonds is 6. The molecule has 4 nitrogen and oxygen atoms in total. The Bertz CT molecular complexity index is 404. The zero-order valence-corrected chi connectivity index (χ0v) is 12.1. The van der Waals surface area contributed by atoms with Crippen molar-refractivity contribution in [1.29, 1.82) is 0 Å². The van der Waals surface area contributed by atoms with Gasteiger partial charge >= 0.3 is 0 Å². The lowest BCUT2D eigenvalue weighted by atomic mass is 10.1. The fourth-order valence-electron chi connectivity index (χ4n) is 2.67. The van der Waals surface area contributed by atoms with Gasteiger partial charge in [-0.15, -0.1) is 0 Å². The molecule has 1 aliphatic carbocycles. The van der Waals surface area contributed by atoms with E-state index in [-0.39, 0.29) is 0 Å². The van der Waals surface area contributed by atoms with Crippen LogP contribution in [0.4, 0.5) is 5.82 Å². The van der Waals surface area contributed by atoms with E-state index in [2.05, 4.69) is 37.8 Å². The lowest BCUT2D eigenvalue weighted by Crippen LogP contribution is -2.32. The largest absolute Gasteiger partial charge is 0.353 e. The molecule has 0 bridgehead atoms. The van der Waals surface area contributed by atoms with Crippen molar-refractivity contribution in [1.82, 2.24) is 9.78 Å². The zero-order chi connectivity index (χ0) is 13.3. The van der Waals surface area contributed by atoms with E-state index in [0.717, 1.165) is 24.7 Å². The standard InChI is InChI=1S/C14H26N4/c1-10(2)9-18(12-5-6-12)14-13(7-8-15)11(3)16-17(14)4/h10,12H,5-9,15H2,1-4H3. The third-order valence-electron chi connectivity index (χ3n) is 3.53. The van der Waals surface area contributed by atoms with Crippen LogP contribution in [0.2, 0.25) is 0 Å². The predicted octanol–water partition coefficient (Wildman–Crippen LogP) is 1.85. The Labute approximate surface area is 110 Å². The van der Waals surface area contributed by atoms with Gasteiger partial charge in [0.1, 0.15) is 5.82 Å². The van der Waals surface area contributed by atoms with Gasteiger partial charge in [-0.2, -0.15) is 5.10 Å². The Balaban J connectivity index is 2.33. The highest BCUT2D eigenvalue weighted by Gasteiger charge is 2.33. The molecule has 1 aliphatic rings. The molecule has 0 radical (unpaired) electrons. The molecule has 1 aromatic heterocycles. The molecule has 1 aromatic rings. The van der Waals surface area contributed by atoms with Gasteiger partial charge in [0.15, 0.2) is 0 Å². The molecule has 1 heterocycles. The number of hydrogen-bond acceptors (Lipinski definition) is 3. The van der Waals surface area contributed by atoms with Gasteiger partial charge < -0.3 is 10.6 Å². The second kappa shape index (κ2) is 5.31. The Morgan fingerprint density at radius 2 is 2.11 bits per heavy atom. The van der Waals surface area contributed by atoms with Crippen molar-refractivity contribution in [3.63, 3.8) is 0 Å². The van der Waals surface area contributed by atoms with E-state index < -0.39 is 0 Å². The van der Waals surface area contributed by atoms with Crippen LogP contribution < -0.4 is 10.6 Å². The Hall–Kier alpha value is -1.03. The lowest BCUT2D eigenvalue weighted by molar-refractivity contribution is 0.586. The van der Waals surface area contributed by atoms with Gasteiger partial charge in [0.05, 0.1) is 5.69 Å². The van der Waals surface area contributed by atoms with E-state index >= 15 is 0 Å². The maximum atomic E-state index is 5.75. The van der Waals surface area contributed by atoms with Gasteiger partial charge in [-0.3, -0.25) is 4.68 Å². The van der Waals surface area contributed by atoms with Crippen LogP contribution in [-0.2, 0) is 13.5 Å². The topological polar surface area (TPSA) is 47.1 Å². The maximum Gasteiger partial charge on any atom is 0.130 e. The SMILES string of the molecule is Cc1nn(C)c(N(CC(C)C)C2CC2)c1CCN. The van der Waals surface area contributed by atoms with Crippen LogP contribution in [0.25, 0.3) is 0 Å². The summed E-state index contributed by atoms with van der Waals surface area (Å²) in [5, 5.41) is 4.59. The molecule has 18 heavy (non-hydrogen) atoms. The van der Waals surface area contributed by atoms with Gasteiger partial charge in [0.2, 0.25) is 0 Å². The Kier molecular flexibility index (Phi) is 3.95. The van der Waals surface area contributed by atoms with Crippen LogP contribution in [0, 0.1) is 12.8 Å². The maximum absolute atomic E-state index is 5.75. The minimum Gasteiger partial charge on any atom is -0.353 e. The van der Waals surface area contributed by atoms with Crippen molar-refractivity contribution >= 4 is 5.82 Å². The molecule has 0 saturated heterocycles. The molecule has 0 atom stereocenters. The summed E-state index contributed by atoms with van der Waals surface area (Å²) in [7, 11) is 2.05. The van der Waals surface area contributed by atoms with Gasteiger partial charge in [-0.05, 0) is 38.6 Å². The summed E-state index contributed by atoms with van der Waals surface area (Å²) in [6, 6.07) is 0.721. The summed E-state index contributed by atoms with van der Waals surface area (Å²) in [6.07, 6.45) is 3.56. The number of anilines is 1. The van der Waals surface area contributed by atoms with Crippen molar-refractivity contribution in [3.05, 3.63) is 11.3 Å². The third kappa shape index (κ3) is 2.69. The monoisotopic (exact) mass is 250 g/mol. The van der Waals surface area contributed by atoms with Crippen LogP contribution in [0.5, 0.6) is 0 Å². The van der Waals surface area contributed by atoms with Crippen LogP contribution in [0.1, 0.15) is 37.9 Å². The van der Waals surface area contributed by atoms with Gasteiger partial charge in [0.25, 0.3) is 0 Å². The molecule has 1 saturated carbocycles. The molecule has 2 rings (SSSR count). The summed E-state index contributed by atoms with van der Waals surface area (Å²) >= 11 is 0. The van der Waals surface area contributed by atoms with Crippen LogP contribution in [0.3, 0.4) is 0 Å². The zero-order valence-electron chi connectivity index (χ0n) is 12.1. The average Bonchev–Trinajstić information content (AvgIpc) is 3.06. The first-order chi connectivity index (χ1) is 8.54. The van der Waals surface area contributed by atoms with Crippen LogP contribution >= 0.6 is 0 Å². The highest BCUT2D eigenvalue weighted by atomic mass is 15.4. The van der Waals surface area contributed by atoms with E-state index in [1.807, 2.05) is 4.68 Å². The minimum atomic E-state index is 0.673. The van der Waals surface area contributed by atoms with Gasteiger partial charge in [0, 0.05) is 25.2 Å². The molecule has 4 heteroatoms. The molecule has 0 aromatic carbocycles. The minimum absolute atomic E-state index is 0.673. The summed E-state index contributed by atoms with van der Waals surface area (Å²) in [5.41, 5.74) is 8.22. The highest BCUT2D eigenvalue weighted by Crippen LogP contribution is 2.35. The van der Waals surface area contributed by atoms with Crippen LogP contribution in [0.15, 0.2) is 0 Å². The van der Waals surface area contributed by atoms with E-state index in [1.54, 1.807) is 0 Å². The van der Waals surface area contributed by atoms with Crippen LogP contribution in [-0.4, -0.2) is 28.9 Å². The van der Waals surface area contributed by atoms with E-state index in [1.165, 1.54) is 24.2 Å². The summed E-state index contributed by atoms with van der Waals surface area (Å²) in [6.45, 7) is 8.46. The first-order valence-corrected chi connectivity index (χ1v) is 7.03. The first-order valence-electron chi connectivity index (χ1n) is 7.03. The molecular weight excluding hydrogens is 224 g/mol. The van der Waals surface area contributed by atoms with Crippen molar-refractivity contribution < 1.29 is 0 Å². The average molecular weight is 250 g/mol. The molecule has 0 aliphatic heterocycles. The third-order valence-corrected chi connectivity index (χ3v) is 3.53. The number of nitrogens with zero attached hydrogens (tertiary/aromatic N) is 3. The molecule has 0 amide bonds.